The predicted octanol–water partition coefficient (Wildman–Crippen LogP) is 1.96. The number of methoxy groups -OCH3 is 4. The van der Waals surface area contributed by atoms with Crippen molar-refractivity contribution in [3.8, 4) is 0 Å². The summed E-state index contributed by atoms with van der Waals surface area (Å²) in [6.07, 6.45) is -0.353. The minimum atomic E-state index is -1.64. The number of esters is 4. The maximum atomic E-state index is 12.5. The van der Waals surface area contributed by atoms with Gasteiger partial charge < -0.3 is 18.9 Å². The molecule has 2 rings (SSSR count). The zero-order valence-electron chi connectivity index (χ0n) is 16.0. The molecule has 0 heterocycles. The fraction of sp³-hybridized carbons (Fsp3) is 0.667. The molecule has 0 saturated heterocycles. The quantitative estimate of drug-likeness (QED) is 0.285. The number of carbonyl (C=O) groups is 4. The van der Waals surface area contributed by atoms with E-state index in [1.807, 2.05) is 0 Å². The van der Waals surface area contributed by atoms with E-state index in [9.17, 15) is 19.2 Å². The average Bonchev–Trinajstić information content (AvgIpc) is 2.71. The van der Waals surface area contributed by atoms with E-state index in [0.29, 0.717) is 5.57 Å². The van der Waals surface area contributed by atoms with Gasteiger partial charge in [0.1, 0.15) is 0 Å². The molecule has 0 aromatic heterocycles. The summed E-state index contributed by atoms with van der Waals surface area (Å²) in [6.45, 7) is 0. The Hall–Kier alpha value is -1.80. The first-order valence-corrected chi connectivity index (χ1v) is 9.30. The summed E-state index contributed by atoms with van der Waals surface area (Å²) in [5.74, 6) is -3.66. The first kappa shape index (κ1) is 22.5. The molecule has 0 radical (unpaired) electrons. The second-order valence-corrected chi connectivity index (χ2v) is 7.96. The second kappa shape index (κ2) is 8.29. The van der Waals surface area contributed by atoms with Crippen molar-refractivity contribution in [3.63, 3.8) is 0 Å². The van der Waals surface area contributed by atoms with E-state index in [2.05, 4.69) is 0 Å². The molecule has 2 aliphatic carbocycles. The van der Waals surface area contributed by atoms with E-state index in [-0.39, 0.29) is 30.7 Å². The number of alkyl halides is 1. The van der Waals surface area contributed by atoms with Crippen LogP contribution in [0.1, 0.15) is 25.7 Å². The molecule has 8 nitrogen and oxygen atoms in total. The number of fused-ring (bicyclic) bond motifs is 1. The molecule has 2 aliphatic rings. The molecule has 0 N–H and O–H groups in total. The molecular weight excluding hydrogens is 415 g/mol. The Bertz CT molecular complexity index is 697. The van der Waals surface area contributed by atoms with Crippen LogP contribution < -0.4 is 0 Å². The highest BCUT2D eigenvalue weighted by molar-refractivity contribution is 6.31. The lowest BCUT2D eigenvalue weighted by Crippen LogP contribution is -2.53. The Morgan fingerprint density at radius 1 is 0.786 bits per heavy atom. The molecule has 0 aromatic carbocycles. The largest absolute Gasteiger partial charge is 0.468 e. The van der Waals surface area contributed by atoms with E-state index in [1.54, 1.807) is 0 Å². The highest BCUT2D eigenvalue weighted by atomic mass is 35.5. The molecule has 0 spiro atoms. The molecule has 156 valence electrons. The van der Waals surface area contributed by atoms with Crippen molar-refractivity contribution in [1.82, 2.24) is 0 Å². The summed E-state index contributed by atoms with van der Waals surface area (Å²) >= 11 is 13.0. The van der Waals surface area contributed by atoms with Gasteiger partial charge in [0.2, 0.25) is 0 Å². The highest BCUT2D eigenvalue weighted by Gasteiger charge is 2.61. The van der Waals surface area contributed by atoms with E-state index >= 15 is 0 Å². The van der Waals surface area contributed by atoms with Crippen molar-refractivity contribution in [2.45, 2.75) is 31.1 Å². The van der Waals surface area contributed by atoms with Crippen LogP contribution in [0.25, 0.3) is 0 Å². The summed E-state index contributed by atoms with van der Waals surface area (Å²) in [5, 5.41) is -0.626. The Morgan fingerprint density at radius 2 is 1.18 bits per heavy atom. The van der Waals surface area contributed by atoms with Crippen LogP contribution in [0.15, 0.2) is 10.6 Å². The van der Waals surface area contributed by atoms with Crippen LogP contribution in [-0.4, -0.2) is 57.7 Å². The molecule has 0 aliphatic heterocycles. The van der Waals surface area contributed by atoms with Gasteiger partial charge in [0, 0.05) is 16.8 Å². The Balaban J connectivity index is 2.57. The smallest absolute Gasteiger partial charge is 0.323 e. The normalized spacial score (nSPS) is 25.2. The number of hydrogen-bond donors (Lipinski definition) is 0. The van der Waals surface area contributed by atoms with Gasteiger partial charge in [-0.15, -0.1) is 11.6 Å². The van der Waals surface area contributed by atoms with E-state index in [1.165, 1.54) is 28.4 Å². The van der Waals surface area contributed by atoms with E-state index in [0.717, 1.165) is 0 Å². The van der Waals surface area contributed by atoms with Crippen LogP contribution in [0, 0.1) is 16.7 Å². The third kappa shape index (κ3) is 3.37. The van der Waals surface area contributed by atoms with E-state index < -0.39 is 46.0 Å². The summed E-state index contributed by atoms with van der Waals surface area (Å²) in [7, 11) is 4.66. The molecule has 2 atom stereocenters. The van der Waals surface area contributed by atoms with Gasteiger partial charge in [-0.2, -0.15) is 0 Å². The molecule has 1 saturated carbocycles. The van der Waals surface area contributed by atoms with Gasteiger partial charge in [-0.05, 0) is 30.8 Å². The van der Waals surface area contributed by atoms with Crippen molar-refractivity contribution in [2.24, 2.45) is 16.7 Å². The van der Waals surface area contributed by atoms with Crippen LogP contribution >= 0.6 is 23.2 Å². The van der Waals surface area contributed by atoms with Crippen LogP contribution in [0.5, 0.6) is 0 Å². The van der Waals surface area contributed by atoms with Crippen LogP contribution in [0.3, 0.4) is 0 Å². The number of halogens is 2. The number of ether oxygens (including phenoxy) is 4. The number of allylic oxidation sites excluding steroid dienone is 2. The topological polar surface area (TPSA) is 105 Å². The third-order valence-corrected chi connectivity index (χ3v) is 6.43. The standard InChI is InChI=1S/C18H22Cl2O8/c1-25-13(21)17(14(22)26-2)5-9-10(11(19)7-17)6-18(8-12(9)20,15(23)27-3)16(24)28-4/h9,12H,5-8H2,1-4H3/t9-,12-/m1/s1. The first-order valence-electron chi connectivity index (χ1n) is 8.48. The van der Waals surface area contributed by atoms with Gasteiger partial charge in [0.25, 0.3) is 0 Å². The minimum Gasteiger partial charge on any atom is -0.468 e. The molecular formula is C18H22Cl2O8. The van der Waals surface area contributed by atoms with E-state index in [4.69, 9.17) is 42.1 Å². The molecule has 0 aromatic rings. The van der Waals surface area contributed by atoms with Gasteiger partial charge in [-0.3, -0.25) is 19.2 Å². The monoisotopic (exact) mass is 436 g/mol. The molecule has 0 amide bonds. The van der Waals surface area contributed by atoms with Gasteiger partial charge in [0.05, 0.1) is 28.4 Å². The fourth-order valence-corrected chi connectivity index (χ4v) is 5.11. The maximum Gasteiger partial charge on any atom is 0.323 e. The third-order valence-electron chi connectivity index (χ3n) is 5.60. The van der Waals surface area contributed by atoms with Gasteiger partial charge in [-0.1, -0.05) is 11.6 Å². The lowest BCUT2D eigenvalue weighted by molar-refractivity contribution is -0.175. The number of hydrogen-bond acceptors (Lipinski definition) is 8. The van der Waals surface area contributed by atoms with Gasteiger partial charge >= 0.3 is 23.9 Å². The lowest BCUT2D eigenvalue weighted by Gasteiger charge is -2.46. The zero-order valence-corrected chi connectivity index (χ0v) is 17.5. The Labute approximate surface area is 172 Å². The average molecular weight is 437 g/mol. The van der Waals surface area contributed by atoms with Crippen LogP contribution in [0.4, 0.5) is 0 Å². The fourth-order valence-electron chi connectivity index (χ4n) is 4.17. The van der Waals surface area contributed by atoms with Gasteiger partial charge in [-0.25, -0.2) is 0 Å². The zero-order chi connectivity index (χ0) is 21.3. The summed E-state index contributed by atoms with van der Waals surface area (Å²) in [5.41, 5.74) is -2.76. The lowest BCUT2D eigenvalue weighted by atomic mass is 9.60. The summed E-state index contributed by atoms with van der Waals surface area (Å²) < 4.78 is 19.3. The molecule has 0 bridgehead atoms. The van der Waals surface area contributed by atoms with Crippen molar-refractivity contribution >= 4 is 47.1 Å². The molecule has 0 unspecified atom stereocenters. The predicted molar refractivity (Wildman–Crippen MR) is 97.4 cm³/mol. The van der Waals surface area contributed by atoms with Crippen molar-refractivity contribution in [3.05, 3.63) is 10.6 Å². The van der Waals surface area contributed by atoms with Crippen molar-refractivity contribution < 1.29 is 38.1 Å². The van der Waals surface area contributed by atoms with Crippen LogP contribution in [-0.2, 0) is 38.1 Å². The second-order valence-electron chi connectivity index (χ2n) is 6.94. The SMILES string of the molecule is COC(=O)C1(C(=O)OC)CC2=C(Cl)CC(C(=O)OC)(C(=O)OC)C[C@H]2[C@H](Cl)C1. The number of carbonyl (C=O) groups excluding carboxylic acids is 4. The van der Waals surface area contributed by atoms with Gasteiger partial charge in [0.15, 0.2) is 10.8 Å². The highest BCUT2D eigenvalue weighted by Crippen LogP contribution is 2.56. The molecule has 28 heavy (non-hydrogen) atoms. The summed E-state index contributed by atoms with van der Waals surface area (Å²) in [6, 6.07) is 0. The van der Waals surface area contributed by atoms with Crippen molar-refractivity contribution in [2.75, 3.05) is 28.4 Å². The summed E-state index contributed by atoms with van der Waals surface area (Å²) in [4.78, 5) is 49.8. The minimum absolute atomic E-state index is 0.00943. The Kier molecular flexibility index (Phi) is 6.66. The maximum absolute atomic E-state index is 12.5. The number of rotatable bonds is 4. The first-order chi connectivity index (χ1) is 13.1. The molecule has 10 heteroatoms. The van der Waals surface area contributed by atoms with Crippen molar-refractivity contribution in [1.29, 1.82) is 0 Å². The Morgan fingerprint density at radius 3 is 1.57 bits per heavy atom. The molecule has 1 fully saturated rings. The van der Waals surface area contributed by atoms with Crippen LogP contribution in [0.2, 0.25) is 0 Å².